The fraction of sp³-hybridized carbons (Fsp3) is 0.800. The SMILES string of the molecule is NCC1(NC2CC=CC2)CCOC1. The Balaban J connectivity index is 1.89. The van der Waals surface area contributed by atoms with Crippen molar-refractivity contribution < 1.29 is 4.74 Å². The van der Waals surface area contributed by atoms with Crippen molar-refractivity contribution in [2.24, 2.45) is 5.73 Å². The lowest BCUT2D eigenvalue weighted by Crippen LogP contribution is -2.55. The standard InChI is InChI=1S/C10H18N2O/c11-7-10(5-6-13-8-10)12-9-3-1-2-4-9/h1-2,9,12H,3-8,11H2. The van der Waals surface area contributed by atoms with Crippen LogP contribution in [0.1, 0.15) is 19.3 Å². The van der Waals surface area contributed by atoms with Crippen molar-refractivity contribution in [3.05, 3.63) is 12.2 Å². The molecule has 1 aliphatic carbocycles. The van der Waals surface area contributed by atoms with Gasteiger partial charge in [0.15, 0.2) is 0 Å². The van der Waals surface area contributed by atoms with E-state index in [2.05, 4.69) is 17.5 Å². The van der Waals surface area contributed by atoms with Gasteiger partial charge in [-0.1, -0.05) is 12.2 Å². The Morgan fingerprint density at radius 2 is 2.23 bits per heavy atom. The quantitative estimate of drug-likeness (QED) is 0.622. The van der Waals surface area contributed by atoms with Crippen molar-refractivity contribution in [2.75, 3.05) is 19.8 Å². The minimum absolute atomic E-state index is 0.0662. The zero-order chi connectivity index (χ0) is 9.15. The van der Waals surface area contributed by atoms with Crippen molar-refractivity contribution in [3.63, 3.8) is 0 Å². The van der Waals surface area contributed by atoms with Gasteiger partial charge < -0.3 is 15.8 Å². The Bertz CT molecular complexity index is 189. The second-order valence-corrected chi connectivity index (χ2v) is 4.07. The molecule has 0 amide bonds. The Labute approximate surface area is 79.3 Å². The van der Waals surface area contributed by atoms with E-state index in [0.29, 0.717) is 12.6 Å². The number of ether oxygens (including phenoxy) is 1. The molecule has 1 aliphatic heterocycles. The summed E-state index contributed by atoms with van der Waals surface area (Å²) in [6, 6.07) is 0.588. The third-order valence-corrected chi connectivity index (χ3v) is 3.01. The van der Waals surface area contributed by atoms with E-state index in [4.69, 9.17) is 10.5 Å². The number of hydrogen-bond donors (Lipinski definition) is 2. The topological polar surface area (TPSA) is 47.3 Å². The highest BCUT2D eigenvalue weighted by Gasteiger charge is 2.35. The maximum absolute atomic E-state index is 5.78. The summed E-state index contributed by atoms with van der Waals surface area (Å²) in [7, 11) is 0. The summed E-state index contributed by atoms with van der Waals surface area (Å²) in [5, 5.41) is 3.63. The molecule has 1 saturated heterocycles. The molecular formula is C10H18N2O. The van der Waals surface area contributed by atoms with Gasteiger partial charge in [0.1, 0.15) is 0 Å². The van der Waals surface area contributed by atoms with Crippen LogP contribution in [0.5, 0.6) is 0 Å². The Kier molecular flexibility index (Phi) is 2.67. The molecule has 13 heavy (non-hydrogen) atoms. The highest BCUT2D eigenvalue weighted by Crippen LogP contribution is 2.21. The maximum Gasteiger partial charge on any atom is 0.0661 e. The van der Waals surface area contributed by atoms with Crippen LogP contribution in [0.3, 0.4) is 0 Å². The van der Waals surface area contributed by atoms with Crippen LogP contribution in [-0.4, -0.2) is 31.3 Å². The number of nitrogens with two attached hydrogens (primary N) is 1. The molecule has 1 atom stereocenters. The highest BCUT2D eigenvalue weighted by molar-refractivity contribution is 5.03. The van der Waals surface area contributed by atoms with Crippen LogP contribution in [0.4, 0.5) is 0 Å². The second kappa shape index (κ2) is 3.78. The number of rotatable bonds is 3. The minimum Gasteiger partial charge on any atom is -0.379 e. The van der Waals surface area contributed by atoms with Crippen molar-refractivity contribution in [2.45, 2.75) is 30.8 Å². The van der Waals surface area contributed by atoms with Crippen LogP contribution in [0, 0.1) is 0 Å². The van der Waals surface area contributed by atoms with E-state index in [0.717, 1.165) is 32.5 Å². The van der Waals surface area contributed by atoms with Crippen LogP contribution in [-0.2, 0) is 4.74 Å². The molecule has 3 heteroatoms. The summed E-state index contributed by atoms with van der Waals surface area (Å²) in [6.07, 6.45) is 7.80. The van der Waals surface area contributed by atoms with Gasteiger partial charge in [0, 0.05) is 19.2 Å². The summed E-state index contributed by atoms with van der Waals surface area (Å²) >= 11 is 0. The average Bonchev–Trinajstić information content (AvgIpc) is 2.77. The predicted molar refractivity (Wildman–Crippen MR) is 52.5 cm³/mol. The molecule has 0 radical (unpaired) electrons. The first-order chi connectivity index (χ1) is 6.35. The zero-order valence-electron chi connectivity index (χ0n) is 7.96. The highest BCUT2D eigenvalue weighted by atomic mass is 16.5. The lowest BCUT2D eigenvalue weighted by atomic mass is 9.97. The average molecular weight is 182 g/mol. The molecule has 3 nitrogen and oxygen atoms in total. The largest absolute Gasteiger partial charge is 0.379 e. The molecule has 1 unspecified atom stereocenters. The Hall–Kier alpha value is -0.380. The van der Waals surface area contributed by atoms with Crippen LogP contribution in [0.2, 0.25) is 0 Å². The third-order valence-electron chi connectivity index (χ3n) is 3.01. The molecule has 1 fully saturated rings. The van der Waals surface area contributed by atoms with E-state index in [1.165, 1.54) is 0 Å². The molecule has 0 spiro atoms. The molecule has 0 bridgehead atoms. The summed E-state index contributed by atoms with van der Waals surface area (Å²) in [5.74, 6) is 0. The fourth-order valence-corrected chi connectivity index (χ4v) is 2.11. The molecule has 1 heterocycles. The van der Waals surface area contributed by atoms with Gasteiger partial charge in [0.2, 0.25) is 0 Å². The Morgan fingerprint density at radius 1 is 1.46 bits per heavy atom. The van der Waals surface area contributed by atoms with E-state index in [9.17, 15) is 0 Å². The smallest absolute Gasteiger partial charge is 0.0661 e. The van der Waals surface area contributed by atoms with Gasteiger partial charge in [-0.15, -0.1) is 0 Å². The normalized spacial score (nSPS) is 34.5. The maximum atomic E-state index is 5.78. The molecule has 2 aliphatic rings. The third kappa shape index (κ3) is 1.93. The fourth-order valence-electron chi connectivity index (χ4n) is 2.11. The van der Waals surface area contributed by atoms with Crippen LogP contribution in [0.15, 0.2) is 12.2 Å². The zero-order valence-corrected chi connectivity index (χ0v) is 7.96. The van der Waals surface area contributed by atoms with Gasteiger partial charge >= 0.3 is 0 Å². The van der Waals surface area contributed by atoms with Crippen LogP contribution < -0.4 is 11.1 Å². The predicted octanol–water partition coefficient (Wildman–Crippen LogP) is 0.412. The Morgan fingerprint density at radius 3 is 2.77 bits per heavy atom. The van der Waals surface area contributed by atoms with Crippen molar-refractivity contribution >= 4 is 0 Å². The van der Waals surface area contributed by atoms with Crippen molar-refractivity contribution in [3.8, 4) is 0 Å². The van der Waals surface area contributed by atoms with E-state index in [-0.39, 0.29) is 5.54 Å². The molecule has 74 valence electrons. The summed E-state index contributed by atoms with van der Waals surface area (Å²) in [6.45, 7) is 2.31. The lowest BCUT2D eigenvalue weighted by molar-refractivity contribution is 0.163. The minimum atomic E-state index is 0.0662. The molecule has 0 aromatic rings. The van der Waals surface area contributed by atoms with Gasteiger partial charge in [-0.25, -0.2) is 0 Å². The van der Waals surface area contributed by atoms with Gasteiger partial charge in [0.05, 0.1) is 12.1 Å². The number of hydrogen-bond acceptors (Lipinski definition) is 3. The van der Waals surface area contributed by atoms with Crippen molar-refractivity contribution in [1.29, 1.82) is 0 Å². The van der Waals surface area contributed by atoms with E-state index in [1.807, 2.05) is 0 Å². The first-order valence-corrected chi connectivity index (χ1v) is 5.05. The summed E-state index contributed by atoms with van der Waals surface area (Å²) < 4.78 is 5.40. The van der Waals surface area contributed by atoms with Gasteiger partial charge in [-0.05, 0) is 19.3 Å². The molecule has 0 saturated carbocycles. The van der Waals surface area contributed by atoms with E-state index < -0.39 is 0 Å². The summed E-state index contributed by atoms with van der Waals surface area (Å²) in [4.78, 5) is 0. The van der Waals surface area contributed by atoms with Gasteiger partial charge in [-0.2, -0.15) is 0 Å². The molecule has 2 rings (SSSR count). The number of nitrogens with one attached hydrogen (secondary N) is 1. The monoisotopic (exact) mass is 182 g/mol. The molecular weight excluding hydrogens is 164 g/mol. The van der Waals surface area contributed by atoms with Gasteiger partial charge in [0.25, 0.3) is 0 Å². The van der Waals surface area contributed by atoms with E-state index in [1.54, 1.807) is 0 Å². The first kappa shape index (κ1) is 9.19. The molecule has 0 aromatic heterocycles. The lowest BCUT2D eigenvalue weighted by Gasteiger charge is -2.30. The molecule has 3 N–H and O–H groups in total. The van der Waals surface area contributed by atoms with E-state index >= 15 is 0 Å². The van der Waals surface area contributed by atoms with Crippen molar-refractivity contribution in [1.82, 2.24) is 5.32 Å². The second-order valence-electron chi connectivity index (χ2n) is 4.07. The van der Waals surface area contributed by atoms with Crippen LogP contribution in [0.25, 0.3) is 0 Å². The van der Waals surface area contributed by atoms with Crippen LogP contribution >= 0.6 is 0 Å². The first-order valence-electron chi connectivity index (χ1n) is 5.05. The molecule has 0 aromatic carbocycles. The summed E-state index contributed by atoms with van der Waals surface area (Å²) in [5.41, 5.74) is 5.85. The van der Waals surface area contributed by atoms with Gasteiger partial charge in [-0.3, -0.25) is 0 Å².